The van der Waals surface area contributed by atoms with Crippen molar-refractivity contribution in [3.05, 3.63) is 12.2 Å². The molecule has 0 aliphatic carbocycles. The summed E-state index contributed by atoms with van der Waals surface area (Å²) in [5, 5.41) is 15.7. The smallest absolute Gasteiger partial charge is 0.335 e. The van der Waals surface area contributed by atoms with Crippen LogP contribution in [-0.4, -0.2) is 78.6 Å². The number of hydrogen-bond donors (Lipinski definition) is 2. The Hall–Kier alpha value is -1.65. The van der Waals surface area contributed by atoms with Crippen LogP contribution in [0.15, 0.2) is 6.33 Å². The Morgan fingerprint density at radius 2 is 1.60 bits per heavy atom. The molecule has 0 spiro atoms. The number of aliphatic hydroxyl groups is 1. The topological polar surface area (TPSA) is 142 Å². The molecule has 2 aliphatic rings. The van der Waals surface area contributed by atoms with Crippen molar-refractivity contribution in [2.24, 2.45) is 5.73 Å². The van der Waals surface area contributed by atoms with Gasteiger partial charge in [0, 0.05) is 6.92 Å². The van der Waals surface area contributed by atoms with Gasteiger partial charge in [-0.1, -0.05) is 55.4 Å². The van der Waals surface area contributed by atoms with Gasteiger partial charge in [0.15, 0.2) is 6.17 Å². The lowest BCUT2D eigenvalue weighted by molar-refractivity contribution is -0.136. The molecule has 0 aromatic carbocycles. The molecule has 0 unspecified atom stereocenters. The van der Waals surface area contributed by atoms with E-state index < -0.39 is 47.4 Å². The molecule has 2 fully saturated rings. The summed E-state index contributed by atoms with van der Waals surface area (Å²) in [6.45, 7) is 18.5. The Bertz CT molecular complexity index is 923. The normalized spacial score (nSPS) is 28.5. The minimum Gasteiger partial charge on any atom is -0.414 e. The molecule has 1 aromatic rings. The standard InChI is InChI=1S/C22H41N5O6Si2/c1-12(2)34(13(3)4)31-10-17-19(32-35(33-34,14(5)6)15(7)8)18(29)22(27(17)16(9)28)26-11-24-21(25-26)20(23)30/h11-15,17-19,22,29H,10H2,1-9H3,(H2,23,30)/t17-,18-,19-,22-/m1/s1. The molecule has 198 valence electrons. The molecule has 11 nitrogen and oxygen atoms in total. The SMILES string of the molecule is CC(=O)N1[C@@H]2CO[Si](C(C)C)(C(C)C)O[Si](C(C)C)(C(C)C)O[C@H]2[C@@H](O)[C@@H]1n1cnc(C(N)=O)n1. The maximum Gasteiger partial charge on any atom is 0.335 e. The van der Waals surface area contributed by atoms with Crippen molar-refractivity contribution in [2.45, 2.75) is 109 Å². The third-order valence-electron chi connectivity index (χ3n) is 7.37. The summed E-state index contributed by atoms with van der Waals surface area (Å²) in [5.41, 5.74) is 5.76. The number of nitrogens with two attached hydrogens (primary N) is 1. The van der Waals surface area contributed by atoms with Gasteiger partial charge in [-0.2, -0.15) is 0 Å². The molecule has 13 heteroatoms. The van der Waals surface area contributed by atoms with E-state index in [1.165, 1.54) is 17.9 Å². The molecule has 0 bridgehead atoms. The molecule has 3 rings (SSSR count). The average molecular weight is 528 g/mol. The van der Waals surface area contributed by atoms with E-state index >= 15 is 0 Å². The number of carbonyl (C=O) groups is 2. The van der Waals surface area contributed by atoms with E-state index in [0.717, 1.165) is 0 Å². The van der Waals surface area contributed by atoms with Crippen LogP contribution in [0.1, 0.15) is 79.1 Å². The number of amides is 2. The number of rotatable bonds is 6. The Kier molecular flexibility index (Phi) is 7.99. The van der Waals surface area contributed by atoms with Gasteiger partial charge in [0.1, 0.15) is 12.4 Å². The van der Waals surface area contributed by atoms with Crippen molar-refractivity contribution < 1.29 is 27.7 Å². The first-order valence-electron chi connectivity index (χ1n) is 12.4. The first-order valence-corrected chi connectivity index (χ1v) is 16.3. The van der Waals surface area contributed by atoms with Crippen LogP contribution in [0, 0.1) is 0 Å². The largest absolute Gasteiger partial charge is 0.414 e. The quantitative estimate of drug-likeness (QED) is 0.537. The zero-order valence-corrected chi connectivity index (χ0v) is 24.3. The fraction of sp³-hybridized carbons (Fsp3) is 0.818. The van der Waals surface area contributed by atoms with Crippen LogP contribution in [0.3, 0.4) is 0 Å². The maximum atomic E-state index is 13.0. The summed E-state index contributed by atoms with van der Waals surface area (Å²) >= 11 is 0. The number of nitrogens with zero attached hydrogens (tertiary/aromatic N) is 4. The highest BCUT2D eigenvalue weighted by Gasteiger charge is 2.63. The van der Waals surface area contributed by atoms with Crippen molar-refractivity contribution in [1.29, 1.82) is 0 Å². The molecule has 3 heterocycles. The first kappa shape index (κ1) is 27.9. The number of aliphatic hydroxyl groups excluding tert-OH is 1. The van der Waals surface area contributed by atoms with E-state index in [2.05, 4.69) is 65.5 Å². The highest BCUT2D eigenvalue weighted by atomic mass is 28.5. The lowest BCUT2D eigenvalue weighted by Gasteiger charge is -2.51. The Morgan fingerprint density at radius 3 is 2.03 bits per heavy atom. The van der Waals surface area contributed by atoms with Crippen LogP contribution in [0.5, 0.6) is 0 Å². The molecule has 2 saturated heterocycles. The molecule has 2 aliphatic heterocycles. The second-order valence-electron chi connectivity index (χ2n) is 10.9. The summed E-state index contributed by atoms with van der Waals surface area (Å²) in [7, 11) is -5.81. The van der Waals surface area contributed by atoms with Crippen LogP contribution in [0.2, 0.25) is 22.2 Å². The minimum absolute atomic E-state index is 0.0686. The fourth-order valence-corrected chi connectivity index (χ4v) is 16.8. The second kappa shape index (κ2) is 10.0. The molecule has 4 atom stereocenters. The third kappa shape index (κ3) is 4.62. The van der Waals surface area contributed by atoms with Gasteiger partial charge < -0.3 is 28.7 Å². The van der Waals surface area contributed by atoms with Crippen molar-refractivity contribution in [3.8, 4) is 0 Å². The predicted molar refractivity (Wildman–Crippen MR) is 134 cm³/mol. The van der Waals surface area contributed by atoms with Gasteiger partial charge in [-0.05, 0) is 22.2 Å². The Balaban J connectivity index is 2.17. The molecule has 3 N–H and O–H groups in total. The molecular weight excluding hydrogens is 486 g/mol. The van der Waals surface area contributed by atoms with Gasteiger partial charge in [0.25, 0.3) is 5.91 Å². The lowest BCUT2D eigenvalue weighted by atomic mass is 10.1. The van der Waals surface area contributed by atoms with E-state index in [0.29, 0.717) is 0 Å². The molecule has 35 heavy (non-hydrogen) atoms. The number of aromatic nitrogens is 3. The lowest BCUT2D eigenvalue weighted by Crippen LogP contribution is -2.66. The van der Waals surface area contributed by atoms with Gasteiger partial charge in [-0.25, -0.2) is 9.67 Å². The molecule has 0 saturated carbocycles. The number of primary amides is 1. The minimum atomic E-state index is -3.00. The van der Waals surface area contributed by atoms with Gasteiger partial charge in [0.05, 0.1) is 18.8 Å². The average Bonchev–Trinajstić information content (AvgIpc) is 3.30. The van der Waals surface area contributed by atoms with Crippen molar-refractivity contribution >= 4 is 28.9 Å². The van der Waals surface area contributed by atoms with Crippen LogP contribution >= 0.6 is 0 Å². The number of hydrogen-bond acceptors (Lipinski definition) is 8. The van der Waals surface area contributed by atoms with E-state index in [-0.39, 0.29) is 40.5 Å². The highest BCUT2D eigenvalue weighted by Crippen LogP contribution is 2.48. The fourth-order valence-electron chi connectivity index (χ4n) is 5.60. The summed E-state index contributed by atoms with van der Waals surface area (Å²) in [6.07, 6.45) is -1.52. The summed E-state index contributed by atoms with van der Waals surface area (Å²) < 4.78 is 22.2. The van der Waals surface area contributed by atoms with Crippen LogP contribution in [0.4, 0.5) is 0 Å². The first-order chi connectivity index (χ1) is 16.2. The Morgan fingerprint density at radius 1 is 1.06 bits per heavy atom. The van der Waals surface area contributed by atoms with Gasteiger partial charge >= 0.3 is 17.1 Å². The third-order valence-corrected chi connectivity index (χ3v) is 17.6. The zero-order chi connectivity index (χ0) is 26.5. The van der Waals surface area contributed by atoms with E-state index in [1.54, 1.807) is 4.90 Å². The van der Waals surface area contributed by atoms with Gasteiger partial charge in [-0.3, -0.25) is 9.59 Å². The number of likely N-dealkylation sites (tertiary alicyclic amines) is 1. The molecular formula is C22H41N5O6Si2. The molecule has 0 radical (unpaired) electrons. The van der Waals surface area contributed by atoms with Gasteiger partial charge in [0.2, 0.25) is 11.7 Å². The Labute approximate surface area is 209 Å². The van der Waals surface area contributed by atoms with Gasteiger partial charge in [-0.15, -0.1) is 5.10 Å². The van der Waals surface area contributed by atoms with E-state index in [4.69, 9.17) is 18.7 Å². The van der Waals surface area contributed by atoms with Crippen molar-refractivity contribution in [1.82, 2.24) is 19.7 Å². The predicted octanol–water partition coefficient (Wildman–Crippen LogP) is 2.42. The molecule has 2 amide bonds. The monoisotopic (exact) mass is 527 g/mol. The zero-order valence-electron chi connectivity index (χ0n) is 22.3. The van der Waals surface area contributed by atoms with Crippen LogP contribution < -0.4 is 5.73 Å². The van der Waals surface area contributed by atoms with Crippen molar-refractivity contribution in [2.75, 3.05) is 6.61 Å². The summed E-state index contributed by atoms with van der Waals surface area (Å²) in [6, 6.07) is -0.564. The highest BCUT2D eigenvalue weighted by molar-refractivity contribution is 6.84. The van der Waals surface area contributed by atoms with Crippen LogP contribution in [-0.2, 0) is 17.8 Å². The summed E-state index contributed by atoms with van der Waals surface area (Å²) in [4.78, 5) is 30.0. The molecule has 1 aromatic heterocycles. The van der Waals surface area contributed by atoms with E-state index in [1.807, 2.05) is 0 Å². The number of fused-ring (bicyclic) bond motifs is 1. The van der Waals surface area contributed by atoms with Crippen molar-refractivity contribution in [3.63, 3.8) is 0 Å². The van der Waals surface area contributed by atoms with Crippen LogP contribution in [0.25, 0.3) is 0 Å². The maximum absolute atomic E-state index is 13.0. The second-order valence-corrected chi connectivity index (χ2v) is 19.7. The number of carbonyl (C=O) groups excluding carboxylic acids is 2. The van der Waals surface area contributed by atoms with E-state index in [9.17, 15) is 14.7 Å². The summed E-state index contributed by atoms with van der Waals surface area (Å²) in [5.74, 6) is -1.25.